The summed E-state index contributed by atoms with van der Waals surface area (Å²) in [5.74, 6) is -0.863. The molecular weight excluding hydrogens is 264 g/mol. The summed E-state index contributed by atoms with van der Waals surface area (Å²) in [5.41, 5.74) is 10.8. The van der Waals surface area contributed by atoms with Gasteiger partial charge in [0.15, 0.2) is 12.4 Å². The minimum atomic E-state index is -0.613. The van der Waals surface area contributed by atoms with Gasteiger partial charge in [0.2, 0.25) is 5.91 Å². The third-order valence-electron chi connectivity index (χ3n) is 2.44. The number of likely N-dealkylation sites (N-methyl/N-ethyl adjacent to an activating group) is 1. The molecule has 8 nitrogen and oxygen atoms in total. The third-order valence-corrected chi connectivity index (χ3v) is 2.44. The fourth-order valence-electron chi connectivity index (χ4n) is 1.43. The van der Waals surface area contributed by atoms with Crippen LogP contribution in [0, 0.1) is 0 Å². The summed E-state index contributed by atoms with van der Waals surface area (Å²) in [4.78, 5) is 23.5. The van der Waals surface area contributed by atoms with Crippen LogP contribution in [0.1, 0.15) is 5.56 Å². The topological polar surface area (TPSA) is 131 Å². The van der Waals surface area contributed by atoms with Crippen LogP contribution in [0.3, 0.4) is 0 Å². The number of amides is 2. The highest BCUT2D eigenvalue weighted by Gasteiger charge is 2.13. The number of amidine groups is 1. The summed E-state index contributed by atoms with van der Waals surface area (Å²) in [6.45, 7) is -0.483. The number of primary amides is 1. The molecule has 8 heteroatoms. The number of ether oxygens (including phenoxy) is 1. The predicted molar refractivity (Wildman–Crippen MR) is 71.3 cm³/mol. The molecule has 1 aromatic rings. The van der Waals surface area contributed by atoms with Crippen LogP contribution in [0.5, 0.6) is 5.75 Å². The number of carbonyl (C=O) groups excluding carboxylic acids is 2. The molecule has 20 heavy (non-hydrogen) atoms. The van der Waals surface area contributed by atoms with E-state index in [1.165, 1.54) is 7.05 Å². The molecule has 0 aliphatic heterocycles. The minimum absolute atomic E-state index is 0.126. The van der Waals surface area contributed by atoms with Crippen LogP contribution in [0.4, 0.5) is 0 Å². The Balaban J connectivity index is 2.71. The van der Waals surface area contributed by atoms with E-state index >= 15 is 0 Å². The molecular formula is C12H16N4O4. The zero-order chi connectivity index (χ0) is 15.1. The van der Waals surface area contributed by atoms with E-state index in [0.29, 0.717) is 11.3 Å². The van der Waals surface area contributed by atoms with E-state index in [0.717, 1.165) is 4.90 Å². The number of carbonyl (C=O) groups is 2. The summed E-state index contributed by atoms with van der Waals surface area (Å²) in [6, 6.07) is 6.53. The van der Waals surface area contributed by atoms with Crippen LogP contribution >= 0.6 is 0 Å². The quantitative estimate of drug-likeness (QED) is 0.269. The number of para-hydroxylation sites is 1. The molecule has 0 unspecified atom stereocenters. The van der Waals surface area contributed by atoms with E-state index < -0.39 is 11.8 Å². The summed E-state index contributed by atoms with van der Waals surface area (Å²) in [7, 11) is 1.44. The Bertz CT molecular complexity index is 530. The van der Waals surface area contributed by atoms with Gasteiger partial charge in [0, 0.05) is 7.05 Å². The Hall–Kier alpha value is -2.77. The van der Waals surface area contributed by atoms with Crippen molar-refractivity contribution < 1.29 is 19.5 Å². The highest BCUT2D eigenvalue weighted by molar-refractivity contribution is 5.99. The second-order valence-electron chi connectivity index (χ2n) is 3.99. The molecule has 0 aliphatic carbocycles. The molecule has 0 saturated heterocycles. The molecule has 0 aliphatic rings. The zero-order valence-electron chi connectivity index (χ0n) is 10.9. The van der Waals surface area contributed by atoms with Crippen molar-refractivity contribution in [2.24, 2.45) is 16.6 Å². The van der Waals surface area contributed by atoms with Crippen LogP contribution in [0.2, 0.25) is 0 Å². The van der Waals surface area contributed by atoms with Gasteiger partial charge in [-0.05, 0) is 12.1 Å². The number of nitrogens with two attached hydrogens (primary N) is 2. The fraction of sp³-hybridized carbons (Fsp3) is 0.250. The standard InChI is InChI=1S/C12H16N4O4/c1-16(6-10(13)17)11(18)7-20-9-5-3-2-4-8(9)12(14)15-19/h2-5,19H,6-7H2,1H3,(H2,13,17)(H2,14,15). The third kappa shape index (κ3) is 4.16. The Kier molecular flexibility index (Phi) is 5.33. The molecule has 1 aromatic carbocycles. The molecule has 0 spiro atoms. The van der Waals surface area contributed by atoms with E-state index in [-0.39, 0.29) is 19.0 Å². The van der Waals surface area contributed by atoms with Crippen LogP contribution in [0.15, 0.2) is 29.4 Å². The van der Waals surface area contributed by atoms with Crippen molar-refractivity contribution in [3.8, 4) is 5.75 Å². The highest BCUT2D eigenvalue weighted by atomic mass is 16.5. The lowest BCUT2D eigenvalue weighted by atomic mass is 10.2. The van der Waals surface area contributed by atoms with Crippen molar-refractivity contribution in [2.45, 2.75) is 0 Å². The first kappa shape index (κ1) is 15.3. The largest absolute Gasteiger partial charge is 0.483 e. The molecule has 0 saturated carbocycles. The Morgan fingerprint density at radius 2 is 2.00 bits per heavy atom. The van der Waals surface area contributed by atoms with Crippen LogP contribution in [-0.2, 0) is 9.59 Å². The first-order chi connectivity index (χ1) is 9.45. The molecule has 5 N–H and O–H groups in total. The number of hydrogen-bond donors (Lipinski definition) is 3. The number of benzene rings is 1. The van der Waals surface area contributed by atoms with Gasteiger partial charge in [-0.1, -0.05) is 17.3 Å². The van der Waals surface area contributed by atoms with Crippen LogP contribution < -0.4 is 16.2 Å². The van der Waals surface area contributed by atoms with Crippen molar-refractivity contribution in [2.75, 3.05) is 20.2 Å². The van der Waals surface area contributed by atoms with Gasteiger partial charge in [0.1, 0.15) is 5.75 Å². The minimum Gasteiger partial charge on any atom is -0.483 e. The van der Waals surface area contributed by atoms with E-state index in [1.54, 1.807) is 24.3 Å². The van der Waals surface area contributed by atoms with E-state index in [9.17, 15) is 9.59 Å². The zero-order valence-corrected chi connectivity index (χ0v) is 10.9. The summed E-state index contributed by atoms with van der Waals surface area (Å²) in [6.07, 6.45) is 0. The van der Waals surface area contributed by atoms with E-state index in [1.807, 2.05) is 0 Å². The maximum atomic E-state index is 11.7. The van der Waals surface area contributed by atoms with E-state index in [2.05, 4.69) is 5.16 Å². The molecule has 0 fully saturated rings. The Morgan fingerprint density at radius 1 is 1.35 bits per heavy atom. The van der Waals surface area contributed by atoms with Gasteiger partial charge in [-0.3, -0.25) is 9.59 Å². The second kappa shape index (κ2) is 6.98. The molecule has 0 heterocycles. The molecule has 108 valence electrons. The van der Waals surface area contributed by atoms with Gasteiger partial charge in [0.05, 0.1) is 12.1 Å². The van der Waals surface area contributed by atoms with Crippen LogP contribution in [0.25, 0.3) is 0 Å². The summed E-state index contributed by atoms with van der Waals surface area (Å²) in [5, 5.41) is 11.5. The van der Waals surface area contributed by atoms with Crippen molar-refractivity contribution >= 4 is 17.6 Å². The lowest BCUT2D eigenvalue weighted by Crippen LogP contribution is -2.38. The Labute approximate surface area is 115 Å². The average Bonchev–Trinajstić information content (AvgIpc) is 2.43. The molecule has 0 aromatic heterocycles. The van der Waals surface area contributed by atoms with Gasteiger partial charge in [0.25, 0.3) is 5.91 Å². The Morgan fingerprint density at radius 3 is 2.60 bits per heavy atom. The van der Waals surface area contributed by atoms with E-state index in [4.69, 9.17) is 21.4 Å². The van der Waals surface area contributed by atoms with Crippen molar-refractivity contribution in [3.05, 3.63) is 29.8 Å². The molecule has 0 radical (unpaired) electrons. The molecule has 0 atom stereocenters. The SMILES string of the molecule is CN(CC(N)=O)C(=O)COc1ccccc1/C(N)=N/O. The smallest absolute Gasteiger partial charge is 0.260 e. The first-order valence-corrected chi connectivity index (χ1v) is 5.67. The maximum absolute atomic E-state index is 11.7. The number of hydrogen-bond acceptors (Lipinski definition) is 5. The van der Waals surface area contributed by atoms with Crippen molar-refractivity contribution in [1.82, 2.24) is 4.90 Å². The summed E-state index contributed by atoms with van der Waals surface area (Å²) >= 11 is 0. The van der Waals surface area contributed by atoms with Crippen molar-refractivity contribution in [3.63, 3.8) is 0 Å². The monoisotopic (exact) mass is 280 g/mol. The average molecular weight is 280 g/mol. The molecule has 1 rings (SSSR count). The van der Waals surface area contributed by atoms with Gasteiger partial charge in [-0.2, -0.15) is 0 Å². The second-order valence-corrected chi connectivity index (χ2v) is 3.99. The predicted octanol–water partition coefficient (Wildman–Crippen LogP) is -0.896. The van der Waals surface area contributed by atoms with Gasteiger partial charge >= 0.3 is 0 Å². The lowest BCUT2D eigenvalue weighted by molar-refractivity contribution is -0.135. The fourth-order valence-corrected chi connectivity index (χ4v) is 1.43. The number of nitrogens with zero attached hydrogens (tertiary/aromatic N) is 2. The highest BCUT2D eigenvalue weighted by Crippen LogP contribution is 2.17. The molecule has 2 amide bonds. The van der Waals surface area contributed by atoms with Gasteiger partial charge < -0.3 is 26.3 Å². The van der Waals surface area contributed by atoms with Gasteiger partial charge in [-0.15, -0.1) is 0 Å². The number of rotatable bonds is 6. The maximum Gasteiger partial charge on any atom is 0.260 e. The number of oxime groups is 1. The first-order valence-electron chi connectivity index (χ1n) is 5.67. The normalized spacial score (nSPS) is 10.9. The van der Waals surface area contributed by atoms with Crippen LogP contribution in [-0.4, -0.2) is 48.0 Å². The lowest BCUT2D eigenvalue weighted by Gasteiger charge is -2.16. The van der Waals surface area contributed by atoms with Gasteiger partial charge in [-0.25, -0.2) is 0 Å². The van der Waals surface area contributed by atoms with Crippen molar-refractivity contribution in [1.29, 1.82) is 0 Å². The molecule has 0 bridgehead atoms. The summed E-state index contributed by atoms with van der Waals surface area (Å²) < 4.78 is 5.31.